The molecule has 0 aliphatic rings. The number of rotatable bonds is 9. The molecule has 6 heteroatoms. The standard InChI is InChI=1S/C11H17BrClNO2S/c1-15-6-3-14-4-7-16-5-2-9-8-10(13)11(12)17-9/h8,14H,2-7H2,1H3. The Balaban J connectivity index is 1.97. The molecule has 0 aliphatic carbocycles. The Morgan fingerprint density at radius 1 is 1.35 bits per heavy atom. The van der Waals surface area contributed by atoms with Crippen LogP contribution in [0.2, 0.25) is 5.02 Å². The van der Waals surface area contributed by atoms with Crippen LogP contribution in [0.5, 0.6) is 0 Å². The molecule has 0 atom stereocenters. The first kappa shape index (κ1) is 15.4. The molecule has 98 valence electrons. The van der Waals surface area contributed by atoms with Crippen molar-refractivity contribution < 1.29 is 9.47 Å². The SMILES string of the molecule is COCCNCCOCCc1cc(Cl)c(Br)s1. The number of hydrogen-bond acceptors (Lipinski definition) is 4. The fourth-order valence-corrected chi connectivity index (χ4v) is 3.03. The van der Waals surface area contributed by atoms with Crippen molar-refractivity contribution in [3.63, 3.8) is 0 Å². The summed E-state index contributed by atoms with van der Waals surface area (Å²) in [7, 11) is 1.70. The third kappa shape index (κ3) is 6.74. The van der Waals surface area contributed by atoms with Crippen molar-refractivity contribution in [3.05, 3.63) is 19.8 Å². The summed E-state index contributed by atoms with van der Waals surface area (Å²) < 4.78 is 11.4. The zero-order valence-electron chi connectivity index (χ0n) is 9.80. The van der Waals surface area contributed by atoms with Crippen molar-refractivity contribution in [1.82, 2.24) is 5.32 Å². The summed E-state index contributed by atoms with van der Waals surface area (Å²) in [4.78, 5) is 1.24. The molecule has 1 aromatic heterocycles. The minimum absolute atomic E-state index is 0.726. The summed E-state index contributed by atoms with van der Waals surface area (Å²) in [5.41, 5.74) is 0. The van der Waals surface area contributed by atoms with Crippen molar-refractivity contribution >= 4 is 38.9 Å². The van der Waals surface area contributed by atoms with Gasteiger partial charge in [0.05, 0.1) is 28.6 Å². The first-order chi connectivity index (χ1) is 8.24. The Morgan fingerprint density at radius 2 is 2.12 bits per heavy atom. The normalized spacial score (nSPS) is 11.0. The van der Waals surface area contributed by atoms with E-state index in [1.165, 1.54) is 4.88 Å². The quantitative estimate of drug-likeness (QED) is 0.700. The topological polar surface area (TPSA) is 30.5 Å². The molecule has 1 heterocycles. The van der Waals surface area contributed by atoms with Crippen LogP contribution in [-0.2, 0) is 15.9 Å². The summed E-state index contributed by atoms with van der Waals surface area (Å²) >= 11 is 11.0. The zero-order chi connectivity index (χ0) is 12.5. The Morgan fingerprint density at radius 3 is 2.76 bits per heavy atom. The minimum Gasteiger partial charge on any atom is -0.383 e. The lowest BCUT2D eigenvalue weighted by molar-refractivity contribution is 0.135. The van der Waals surface area contributed by atoms with E-state index in [1.54, 1.807) is 18.4 Å². The van der Waals surface area contributed by atoms with Gasteiger partial charge in [-0.15, -0.1) is 11.3 Å². The third-order valence-corrected chi connectivity index (χ3v) is 4.63. The first-order valence-corrected chi connectivity index (χ1v) is 7.44. The summed E-state index contributed by atoms with van der Waals surface area (Å²) in [6, 6.07) is 1.98. The third-order valence-electron chi connectivity index (χ3n) is 2.10. The largest absolute Gasteiger partial charge is 0.383 e. The van der Waals surface area contributed by atoms with Crippen LogP contribution in [-0.4, -0.2) is 40.0 Å². The Kier molecular flexibility index (Phi) is 8.43. The van der Waals surface area contributed by atoms with Crippen molar-refractivity contribution in [2.24, 2.45) is 0 Å². The molecule has 1 aromatic rings. The highest BCUT2D eigenvalue weighted by Gasteiger charge is 2.03. The minimum atomic E-state index is 0.726. The van der Waals surface area contributed by atoms with E-state index < -0.39 is 0 Å². The van der Waals surface area contributed by atoms with E-state index in [4.69, 9.17) is 21.1 Å². The van der Waals surface area contributed by atoms with Gasteiger partial charge >= 0.3 is 0 Å². The van der Waals surface area contributed by atoms with Gasteiger partial charge in [0.2, 0.25) is 0 Å². The maximum atomic E-state index is 5.94. The van der Waals surface area contributed by atoms with Crippen molar-refractivity contribution in [3.8, 4) is 0 Å². The van der Waals surface area contributed by atoms with E-state index in [-0.39, 0.29) is 0 Å². The monoisotopic (exact) mass is 341 g/mol. The second-order valence-corrected chi connectivity index (χ2v) is 6.30. The predicted octanol–water partition coefficient (Wildman–Crippen LogP) is 2.96. The van der Waals surface area contributed by atoms with Crippen LogP contribution < -0.4 is 5.32 Å². The van der Waals surface area contributed by atoms with Gasteiger partial charge in [-0.25, -0.2) is 0 Å². The lowest BCUT2D eigenvalue weighted by Crippen LogP contribution is -2.23. The van der Waals surface area contributed by atoms with Gasteiger partial charge < -0.3 is 14.8 Å². The van der Waals surface area contributed by atoms with Crippen LogP contribution in [0.3, 0.4) is 0 Å². The van der Waals surface area contributed by atoms with Crippen LogP contribution in [0.15, 0.2) is 9.85 Å². The fourth-order valence-electron chi connectivity index (χ4n) is 1.23. The molecule has 0 unspecified atom stereocenters. The number of halogens is 2. The average Bonchev–Trinajstić information content (AvgIpc) is 2.62. The number of nitrogens with one attached hydrogen (secondary N) is 1. The van der Waals surface area contributed by atoms with E-state index in [2.05, 4.69) is 21.2 Å². The average molecular weight is 343 g/mol. The molecular formula is C11H17BrClNO2S. The summed E-state index contributed by atoms with van der Waals surface area (Å²) in [5.74, 6) is 0. The van der Waals surface area contributed by atoms with Gasteiger partial charge in [-0.2, -0.15) is 0 Å². The van der Waals surface area contributed by atoms with Gasteiger partial charge in [-0.05, 0) is 22.0 Å². The highest BCUT2D eigenvalue weighted by atomic mass is 79.9. The van der Waals surface area contributed by atoms with Gasteiger partial charge in [-0.1, -0.05) is 11.6 Å². The molecule has 0 saturated carbocycles. The molecule has 0 spiro atoms. The Bertz CT molecular complexity index is 303. The molecule has 0 bridgehead atoms. The van der Waals surface area contributed by atoms with E-state index in [0.717, 1.165) is 48.1 Å². The predicted molar refractivity (Wildman–Crippen MR) is 76.3 cm³/mol. The van der Waals surface area contributed by atoms with Gasteiger partial charge in [0.25, 0.3) is 0 Å². The smallest absolute Gasteiger partial charge is 0.0887 e. The summed E-state index contributed by atoms with van der Waals surface area (Å²) in [5, 5.41) is 4.01. The van der Waals surface area contributed by atoms with Gasteiger partial charge in [0.1, 0.15) is 0 Å². The highest BCUT2D eigenvalue weighted by molar-refractivity contribution is 9.11. The van der Waals surface area contributed by atoms with Gasteiger partial charge in [-0.3, -0.25) is 0 Å². The van der Waals surface area contributed by atoms with Crippen LogP contribution in [0.25, 0.3) is 0 Å². The van der Waals surface area contributed by atoms with Crippen molar-refractivity contribution in [1.29, 1.82) is 0 Å². The Hall–Kier alpha value is 0.350. The van der Waals surface area contributed by atoms with Crippen LogP contribution in [0, 0.1) is 0 Å². The van der Waals surface area contributed by atoms with Crippen LogP contribution >= 0.6 is 38.9 Å². The molecule has 0 saturated heterocycles. The molecule has 3 nitrogen and oxygen atoms in total. The lowest BCUT2D eigenvalue weighted by atomic mass is 10.4. The first-order valence-electron chi connectivity index (χ1n) is 5.45. The van der Waals surface area contributed by atoms with Gasteiger partial charge in [0.15, 0.2) is 0 Å². The van der Waals surface area contributed by atoms with E-state index >= 15 is 0 Å². The van der Waals surface area contributed by atoms with Gasteiger partial charge in [0, 0.05) is 31.5 Å². The number of methoxy groups -OCH3 is 1. The molecule has 0 amide bonds. The molecule has 0 aromatic carbocycles. The Labute approximate surface area is 120 Å². The summed E-state index contributed by atoms with van der Waals surface area (Å²) in [6.45, 7) is 3.92. The number of hydrogen-bond donors (Lipinski definition) is 1. The van der Waals surface area contributed by atoms with Crippen molar-refractivity contribution in [2.45, 2.75) is 6.42 Å². The van der Waals surface area contributed by atoms with E-state index in [0.29, 0.717) is 0 Å². The lowest BCUT2D eigenvalue weighted by Gasteiger charge is -2.04. The molecular weight excluding hydrogens is 326 g/mol. The second kappa shape index (κ2) is 9.30. The molecule has 17 heavy (non-hydrogen) atoms. The molecule has 0 radical (unpaired) electrons. The maximum absolute atomic E-state index is 5.94. The number of ether oxygens (including phenoxy) is 2. The van der Waals surface area contributed by atoms with E-state index in [1.807, 2.05) is 6.07 Å². The number of thiophene rings is 1. The second-order valence-electron chi connectivity index (χ2n) is 3.44. The molecule has 0 fully saturated rings. The molecule has 1 rings (SSSR count). The maximum Gasteiger partial charge on any atom is 0.0887 e. The van der Waals surface area contributed by atoms with Crippen LogP contribution in [0.1, 0.15) is 4.88 Å². The molecule has 0 aliphatic heterocycles. The van der Waals surface area contributed by atoms with Crippen molar-refractivity contribution in [2.75, 3.05) is 40.0 Å². The van der Waals surface area contributed by atoms with E-state index in [9.17, 15) is 0 Å². The fraction of sp³-hybridized carbons (Fsp3) is 0.636. The zero-order valence-corrected chi connectivity index (χ0v) is 13.0. The summed E-state index contributed by atoms with van der Waals surface area (Å²) in [6.07, 6.45) is 0.911. The molecule has 1 N–H and O–H groups in total. The van der Waals surface area contributed by atoms with Crippen LogP contribution in [0.4, 0.5) is 0 Å². The highest BCUT2D eigenvalue weighted by Crippen LogP contribution is 2.32.